The molecule has 1 aliphatic rings. The molecule has 0 heterocycles. The van der Waals surface area contributed by atoms with Crippen molar-refractivity contribution < 1.29 is 5.11 Å². The van der Waals surface area contributed by atoms with Crippen LogP contribution in [0.2, 0.25) is 0 Å². The number of aliphatic hydroxyl groups excluding tert-OH is 1. The van der Waals surface area contributed by atoms with Crippen LogP contribution in [0.25, 0.3) is 0 Å². The summed E-state index contributed by atoms with van der Waals surface area (Å²) in [5, 5.41) is 9.17. The first-order valence-corrected chi connectivity index (χ1v) is 4.95. The number of hydrogen-bond donors (Lipinski definition) is 1. The SMILES string of the molecule is C=CC(C)(CO)CC1CCCC1. The van der Waals surface area contributed by atoms with Crippen LogP contribution < -0.4 is 0 Å². The van der Waals surface area contributed by atoms with Gasteiger partial charge in [-0.3, -0.25) is 0 Å². The maximum Gasteiger partial charge on any atom is 0.0519 e. The summed E-state index contributed by atoms with van der Waals surface area (Å²) in [6.07, 6.45) is 8.48. The molecule has 1 atom stereocenters. The Morgan fingerprint density at radius 2 is 2.08 bits per heavy atom. The van der Waals surface area contributed by atoms with E-state index in [1.54, 1.807) is 0 Å². The first-order chi connectivity index (χ1) is 5.70. The third kappa shape index (κ3) is 2.34. The second-order valence-electron chi connectivity index (χ2n) is 4.37. The molecule has 1 nitrogen and oxygen atoms in total. The lowest BCUT2D eigenvalue weighted by Crippen LogP contribution is -2.21. The van der Waals surface area contributed by atoms with Gasteiger partial charge in [-0.05, 0) is 12.3 Å². The minimum atomic E-state index is -0.0327. The topological polar surface area (TPSA) is 20.2 Å². The summed E-state index contributed by atoms with van der Waals surface area (Å²) >= 11 is 0. The van der Waals surface area contributed by atoms with Crippen LogP contribution in [0.1, 0.15) is 39.0 Å². The van der Waals surface area contributed by atoms with Crippen molar-refractivity contribution in [1.29, 1.82) is 0 Å². The van der Waals surface area contributed by atoms with Crippen LogP contribution in [0.4, 0.5) is 0 Å². The van der Waals surface area contributed by atoms with Crippen LogP contribution in [-0.2, 0) is 0 Å². The van der Waals surface area contributed by atoms with Crippen molar-refractivity contribution in [2.45, 2.75) is 39.0 Å². The van der Waals surface area contributed by atoms with E-state index in [9.17, 15) is 5.11 Å². The predicted octanol–water partition coefficient (Wildman–Crippen LogP) is 2.75. The smallest absolute Gasteiger partial charge is 0.0519 e. The molecule has 1 N–H and O–H groups in total. The molecule has 0 aromatic rings. The lowest BCUT2D eigenvalue weighted by Gasteiger charge is -2.26. The lowest BCUT2D eigenvalue weighted by molar-refractivity contribution is 0.156. The van der Waals surface area contributed by atoms with Crippen molar-refractivity contribution in [3.63, 3.8) is 0 Å². The molecule has 1 rings (SSSR count). The first kappa shape index (κ1) is 9.79. The fraction of sp³-hybridized carbons (Fsp3) is 0.818. The Hall–Kier alpha value is -0.300. The summed E-state index contributed by atoms with van der Waals surface area (Å²) in [5.74, 6) is 0.833. The van der Waals surface area contributed by atoms with Crippen molar-refractivity contribution >= 4 is 0 Å². The second kappa shape index (κ2) is 4.08. The van der Waals surface area contributed by atoms with Crippen LogP contribution in [0, 0.1) is 11.3 Å². The van der Waals surface area contributed by atoms with Crippen LogP contribution in [0.5, 0.6) is 0 Å². The molecule has 1 aliphatic carbocycles. The molecule has 0 bridgehead atoms. The van der Waals surface area contributed by atoms with Gasteiger partial charge in [0.15, 0.2) is 0 Å². The molecular formula is C11H20O. The molecule has 1 unspecified atom stereocenters. The highest BCUT2D eigenvalue weighted by Crippen LogP contribution is 2.35. The Bertz CT molecular complexity index is 147. The maximum atomic E-state index is 9.17. The van der Waals surface area contributed by atoms with Gasteiger partial charge in [0.2, 0.25) is 0 Å². The zero-order valence-corrected chi connectivity index (χ0v) is 8.05. The zero-order chi connectivity index (χ0) is 9.03. The van der Waals surface area contributed by atoms with Crippen LogP contribution in [0.3, 0.4) is 0 Å². The summed E-state index contributed by atoms with van der Waals surface area (Å²) in [7, 11) is 0. The van der Waals surface area contributed by atoms with Crippen LogP contribution in [-0.4, -0.2) is 11.7 Å². The number of rotatable bonds is 4. The molecule has 1 fully saturated rings. The van der Waals surface area contributed by atoms with Gasteiger partial charge in [-0.15, -0.1) is 6.58 Å². The normalized spacial score (nSPS) is 23.8. The Labute approximate surface area is 75.5 Å². The van der Waals surface area contributed by atoms with Crippen LogP contribution >= 0.6 is 0 Å². The highest BCUT2D eigenvalue weighted by molar-refractivity contribution is 4.93. The number of aliphatic hydroxyl groups is 1. The van der Waals surface area contributed by atoms with E-state index < -0.39 is 0 Å². The molecular weight excluding hydrogens is 148 g/mol. The molecule has 0 radical (unpaired) electrons. The van der Waals surface area contributed by atoms with E-state index in [4.69, 9.17) is 0 Å². The van der Waals surface area contributed by atoms with E-state index in [0.717, 1.165) is 12.3 Å². The van der Waals surface area contributed by atoms with Gasteiger partial charge in [0.25, 0.3) is 0 Å². The molecule has 70 valence electrons. The van der Waals surface area contributed by atoms with Gasteiger partial charge in [0.05, 0.1) is 6.61 Å². The van der Waals surface area contributed by atoms with E-state index >= 15 is 0 Å². The maximum absolute atomic E-state index is 9.17. The zero-order valence-electron chi connectivity index (χ0n) is 8.05. The highest BCUT2D eigenvalue weighted by atomic mass is 16.3. The Balaban J connectivity index is 2.40. The van der Waals surface area contributed by atoms with E-state index in [1.165, 1.54) is 25.7 Å². The summed E-state index contributed by atoms with van der Waals surface area (Å²) in [6, 6.07) is 0. The molecule has 0 aromatic heterocycles. The van der Waals surface area contributed by atoms with Gasteiger partial charge in [-0.2, -0.15) is 0 Å². The summed E-state index contributed by atoms with van der Waals surface area (Å²) in [5.41, 5.74) is -0.0327. The molecule has 0 amide bonds. The quantitative estimate of drug-likeness (QED) is 0.640. The van der Waals surface area contributed by atoms with E-state index in [1.807, 2.05) is 6.08 Å². The summed E-state index contributed by atoms with van der Waals surface area (Å²) in [6.45, 7) is 6.12. The third-order valence-electron chi connectivity index (χ3n) is 3.08. The largest absolute Gasteiger partial charge is 0.395 e. The minimum Gasteiger partial charge on any atom is -0.395 e. The Kier molecular flexibility index (Phi) is 3.33. The van der Waals surface area contributed by atoms with Gasteiger partial charge in [-0.25, -0.2) is 0 Å². The summed E-state index contributed by atoms with van der Waals surface area (Å²) < 4.78 is 0. The summed E-state index contributed by atoms with van der Waals surface area (Å²) in [4.78, 5) is 0. The lowest BCUT2D eigenvalue weighted by atomic mass is 9.81. The van der Waals surface area contributed by atoms with E-state index in [-0.39, 0.29) is 12.0 Å². The average molecular weight is 168 g/mol. The van der Waals surface area contributed by atoms with Gasteiger partial charge in [-0.1, -0.05) is 38.7 Å². The van der Waals surface area contributed by atoms with Gasteiger partial charge >= 0.3 is 0 Å². The average Bonchev–Trinajstić information content (AvgIpc) is 2.57. The number of hydrogen-bond acceptors (Lipinski definition) is 1. The van der Waals surface area contributed by atoms with Crippen LogP contribution in [0.15, 0.2) is 12.7 Å². The highest BCUT2D eigenvalue weighted by Gasteiger charge is 2.26. The second-order valence-corrected chi connectivity index (χ2v) is 4.37. The molecule has 0 aliphatic heterocycles. The molecule has 0 saturated heterocycles. The van der Waals surface area contributed by atoms with Crippen molar-refractivity contribution in [1.82, 2.24) is 0 Å². The Morgan fingerprint density at radius 1 is 1.50 bits per heavy atom. The molecule has 12 heavy (non-hydrogen) atoms. The van der Waals surface area contributed by atoms with E-state index in [0.29, 0.717) is 0 Å². The van der Waals surface area contributed by atoms with Crippen molar-refractivity contribution in [2.24, 2.45) is 11.3 Å². The first-order valence-electron chi connectivity index (χ1n) is 4.95. The predicted molar refractivity (Wildman–Crippen MR) is 52.0 cm³/mol. The molecule has 0 spiro atoms. The van der Waals surface area contributed by atoms with Gasteiger partial charge in [0, 0.05) is 5.41 Å². The molecule has 1 heteroatoms. The standard InChI is InChI=1S/C11H20O/c1-3-11(2,9-12)8-10-6-4-5-7-10/h3,10,12H,1,4-9H2,2H3. The Morgan fingerprint density at radius 3 is 2.50 bits per heavy atom. The van der Waals surface area contributed by atoms with E-state index in [2.05, 4.69) is 13.5 Å². The van der Waals surface area contributed by atoms with Gasteiger partial charge in [0.1, 0.15) is 0 Å². The third-order valence-corrected chi connectivity index (χ3v) is 3.08. The van der Waals surface area contributed by atoms with Gasteiger partial charge < -0.3 is 5.11 Å². The van der Waals surface area contributed by atoms with Crippen molar-refractivity contribution in [3.05, 3.63) is 12.7 Å². The monoisotopic (exact) mass is 168 g/mol. The molecule has 0 aromatic carbocycles. The minimum absolute atomic E-state index is 0.0327. The fourth-order valence-electron chi connectivity index (χ4n) is 2.09. The molecule has 1 saturated carbocycles. The fourth-order valence-corrected chi connectivity index (χ4v) is 2.09. The van der Waals surface area contributed by atoms with Crippen molar-refractivity contribution in [2.75, 3.05) is 6.61 Å². The van der Waals surface area contributed by atoms with Crippen molar-refractivity contribution in [3.8, 4) is 0 Å².